The summed E-state index contributed by atoms with van der Waals surface area (Å²) in [6.07, 6.45) is -0.419. The molecule has 0 bridgehead atoms. The van der Waals surface area contributed by atoms with E-state index in [9.17, 15) is 4.79 Å². The molecule has 1 aliphatic heterocycles. The number of amides is 1. The standard InChI is InChI=1S/C13H18N2O3/c1-9(10-3-5-11(17-2)6-4-10)14-7-12-8-15-13(16)18-12/h3-6,9,12,14H,7-8H2,1-2H3,(H,15,16)/t9-,12+/m0/s1. The summed E-state index contributed by atoms with van der Waals surface area (Å²) in [4.78, 5) is 10.9. The maximum absolute atomic E-state index is 10.9. The number of carbonyl (C=O) groups excluding carboxylic acids is 1. The van der Waals surface area contributed by atoms with E-state index in [0.29, 0.717) is 13.1 Å². The van der Waals surface area contributed by atoms with Crippen molar-refractivity contribution in [1.82, 2.24) is 10.6 Å². The number of hydrogen-bond donors (Lipinski definition) is 2. The number of methoxy groups -OCH3 is 1. The fourth-order valence-corrected chi connectivity index (χ4v) is 1.86. The zero-order valence-corrected chi connectivity index (χ0v) is 10.6. The third-order valence-corrected chi connectivity index (χ3v) is 3.02. The molecule has 1 heterocycles. The van der Waals surface area contributed by atoms with Crippen LogP contribution in [0.1, 0.15) is 18.5 Å². The minimum Gasteiger partial charge on any atom is -0.497 e. The maximum Gasteiger partial charge on any atom is 0.407 e. The lowest BCUT2D eigenvalue weighted by molar-refractivity contribution is 0.137. The van der Waals surface area contributed by atoms with Crippen LogP contribution >= 0.6 is 0 Å². The van der Waals surface area contributed by atoms with Gasteiger partial charge in [0.05, 0.1) is 13.7 Å². The minimum atomic E-state index is -0.334. The van der Waals surface area contributed by atoms with Gasteiger partial charge in [0.15, 0.2) is 0 Å². The number of benzene rings is 1. The lowest BCUT2D eigenvalue weighted by atomic mass is 10.1. The Bertz CT molecular complexity index is 405. The minimum absolute atomic E-state index is 0.0850. The van der Waals surface area contributed by atoms with Gasteiger partial charge in [0.25, 0.3) is 0 Å². The Morgan fingerprint density at radius 3 is 2.78 bits per heavy atom. The van der Waals surface area contributed by atoms with Crippen LogP contribution in [0, 0.1) is 0 Å². The number of alkyl carbamates (subject to hydrolysis) is 1. The fraction of sp³-hybridized carbons (Fsp3) is 0.462. The normalized spacial score (nSPS) is 20.1. The molecule has 0 saturated carbocycles. The first-order valence-electron chi connectivity index (χ1n) is 6.01. The summed E-state index contributed by atoms with van der Waals surface area (Å²) in [5.41, 5.74) is 1.17. The third kappa shape index (κ3) is 3.13. The van der Waals surface area contributed by atoms with Crippen LogP contribution < -0.4 is 15.4 Å². The van der Waals surface area contributed by atoms with Gasteiger partial charge in [-0.05, 0) is 24.6 Å². The number of rotatable bonds is 5. The smallest absolute Gasteiger partial charge is 0.407 e. The third-order valence-electron chi connectivity index (χ3n) is 3.02. The Kier molecular flexibility index (Phi) is 4.04. The van der Waals surface area contributed by atoms with E-state index >= 15 is 0 Å². The molecule has 18 heavy (non-hydrogen) atoms. The van der Waals surface area contributed by atoms with Gasteiger partial charge >= 0.3 is 6.09 Å². The summed E-state index contributed by atoms with van der Waals surface area (Å²) >= 11 is 0. The Morgan fingerprint density at radius 2 is 2.22 bits per heavy atom. The van der Waals surface area contributed by atoms with E-state index in [-0.39, 0.29) is 18.2 Å². The molecule has 1 aromatic rings. The van der Waals surface area contributed by atoms with Gasteiger partial charge in [-0.3, -0.25) is 0 Å². The van der Waals surface area contributed by atoms with E-state index in [1.807, 2.05) is 24.3 Å². The fourth-order valence-electron chi connectivity index (χ4n) is 1.86. The molecule has 0 aromatic heterocycles. The molecule has 1 saturated heterocycles. The Morgan fingerprint density at radius 1 is 1.50 bits per heavy atom. The second-order valence-electron chi connectivity index (χ2n) is 4.31. The van der Waals surface area contributed by atoms with E-state index < -0.39 is 0 Å². The molecule has 0 unspecified atom stereocenters. The van der Waals surface area contributed by atoms with Crippen molar-refractivity contribution in [3.63, 3.8) is 0 Å². The molecule has 0 radical (unpaired) electrons. The zero-order chi connectivity index (χ0) is 13.0. The highest BCUT2D eigenvalue weighted by Gasteiger charge is 2.22. The number of carbonyl (C=O) groups is 1. The topological polar surface area (TPSA) is 59.6 Å². The van der Waals surface area contributed by atoms with Gasteiger partial charge in [-0.2, -0.15) is 0 Å². The van der Waals surface area contributed by atoms with Crippen LogP contribution in [0.4, 0.5) is 4.79 Å². The number of nitrogens with one attached hydrogen (secondary N) is 2. The van der Waals surface area contributed by atoms with Crippen molar-refractivity contribution in [1.29, 1.82) is 0 Å². The maximum atomic E-state index is 10.9. The zero-order valence-electron chi connectivity index (χ0n) is 10.6. The molecular formula is C13H18N2O3. The summed E-state index contributed by atoms with van der Waals surface area (Å²) in [6, 6.07) is 8.12. The molecular weight excluding hydrogens is 232 g/mol. The Balaban J connectivity index is 1.83. The molecule has 2 atom stereocenters. The van der Waals surface area contributed by atoms with Crippen molar-refractivity contribution in [3.05, 3.63) is 29.8 Å². The van der Waals surface area contributed by atoms with E-state index in [1.54, 1.807) is 7.11 Å². The van der Waals surface area contributed by atoms with Crippen LogP contribution in [-0.4, -0.2) is 32.4 Å². The highest BCUT2D eigenvalue weighted by molar-refractivity contribution is 5.69. The number of hydrogen-bond acceptors (Lipinski definition) is 4. The van der Waals surface area contributed by atoms with Crippen LogP contribution in [0.3, 0.4) is 0 Å². The quantitative estimate of drug-likeness (QED) is 0.830. The highest BCUT2D eigenvalue weighted by atomic mass is 16.6. The Hall–Kier alpha value is -1.75. The largest absolute Gasteiger partial charge is 0.497 e. The van der Waals surface area contributed by atoms with Gasteiger partial charge in [-0.25, -0.2) is 4.79 Å². The van der Waals surface area contributed by atoms with Crippen molar-refractivity contribution in [2.24, 2.45) is 0 Å². The molecule has 0 spiro atoms. The molecule has 1 aromatic carbocycles. The lowest BCUT2D eigenvalue weighted by Gasteiger charge is -2.16. The van der Waals surface area contributed by atoms with E-state index in [0.717, 1.165) is 5.75 Å². The summed E-state index contributed by atoms with van der Waals surface area (Å²) in [7, 11) is 1.65. The van der Waals surface area contributed by atoms with Gasteiger partial charge in [-0.1, -0.05) is 12.1 Å². The molecule has 1 amide bonds. The first kappa shape index (κ1) is 12.7. The van der Waals surface area contributed by atoms with Crippen LogP contribution in [-0.2, 0) is 4.74 Å². The molecule has 1 fully saturated rings. The monoisotopic (exact) mass is 250 g/mol. The van der Waals surface area contributed by atoms with Crippen molar-refractivity contribution in [3.8, 4) is 5.75 Å². The first-order chi connectivity index (χ1) is 8.69. The molecule has 98 valence electrons. The molecule has 2 N–H and O–H groups in total. The van der Waals surface area contributed by atoms with Gasteiger partial charge in [0.2, 0.25) is 0 Å². The van der Waals surface area contributed by atoms with Gasteiger partial charge in [-0.15, -0.1) is 0 Å². The Labute approximate surface area is 106 Å². The average molecular weight is 250 g/mol. The molecule has 1 aliphatic rings. The number of cyclic esters (lactones) is 1. The van der Waals surface area contributed by atoms with Crippen LogP contribution in [0.5, 0.6) is 5.75 Å². The van der Waals surface area contributed by atoms with E-state index in [2.05, 4.69) is 17.6 Å². The second-order valence-corrected chi connectivity index (χ2v) is 4.31. The van der Waals surface area contributed by atoms with Crippen molar-refractivity contribution in [2.45, 2.75) is 19.1 Å². The highest BCUT2D eigenvalue weighted by Crippen LogP contribution is 2.17. The SMILES string of the molecule is COc1ccc([C@H](C)NC[C@@H]2CNC(=O)O2)cc1. The summed E-state index contributed by atoms with van der Waals surface area (Å²) < 4.78 is 10.2. The molecule has 2 rings (SSSR count). The first-order valence-corrected chi connectivity index (χ1v) is 6.01. The van der Waals surface area contributed by atoms with Crippen LogP contribution in [0.2, 0.25) is 0 Å². The summed E-state index contributed by atoms with van der Waals surface area (Å²) in [5, 5.41) is 5.97. The summed E-state index contributed by atoms with van der Waals surface area (Å²) in [5.74, 6) is 0.847. The van der Waals surface area contributed by atoms with Crippen molar-refractivity contribution < 1.29 is 14.3 Å². The van der Waals surface area contributed by atoms with Crippen LogP contribution in [0.25, 0.3) is 0 Å². The van der Waals surface area contributed by atoms with Gasteiger partial charge < -0.3 is 20.1 Å². The van der Waals surface area contributed by atoms with Crippen molar-refractivity contribution in [2.75, 3.05) is 20.2 Å². The van der Waals surface area contributed by atoms with Crippen LogP contribution in [0.15, 0.2) is 24.3 Å². The second kappa shape index (κ2) is 5.73. The lowest BCUT2D eigenvalue weighted by Crippen LogP contribution is -2.31. The number of ether oxygens (including phenoxy) is 2. The van der Waals surface area contributed by atoms with E-state index in [1.165, 1.54) is 5.56 Å². The average Bonchev–Trinajstić information content (AvgIpc) is 2.82. The summed E-state index contributed by atoms with van der Waals surface area (Å²) in [6.45, 7) is 3.29. The van der Waals surface area contributed by atoms with Gasteiger partial charge in [0, 0.05) is 12.6 Å². The predicted molar refractivity (Wildman–Crippen MR) is 67.7 cm³/mol. The van der Waals surface area contributed by atoms with E-state index in [4.69, 9.17) is 9.47 Å². The van der Waals surface area contributed by atoms with Crippen molar-refractivity contribution >= 4 is 6.09 Å². The molecule has 5 heteroatoms. The van der Waals surface area contributed by atoms with Gasteiger partial charge in [0.1, 0.15) is 11.9 Å². The molecule has 0 aliphatic carbocycles. The predicted octanol–water partition coefficient (Wildman–Crippen LogP) is 1.45. The molecule has 5 nitrogen and oxygen atoms in total.